The van der Waals surface area contributed by atoms with E-state index in [0.29, 0.717) is 0 Å². The van der Waals surface area contributed by atoms with E-state index in [-0.39, 0.29) is 5.41 Å². The number of benzene rings is 11. The third kappa shape index (κ3) is 6.79. The van der Waals surface area contributed by atoms with Gasteiger partial charge in [-0.3, -0.25) is 0 Å². The Morgan fingerprint density at radius 2 is 0.826 bits per heavy atom. The molecule has 0 saturated heterocycles. The van der Waals surface area contributed by atoms with Crippen molar-refractivity contribution in [2.45, 2.75) is 19.3 Å². The van der Waals surface area contributed by atoms with E-state index < -0.39 is 0 Å². The summed E-state index contributed by atoms with van der Waals surface area (Å²) in [6, 6.07) is 93.9. The molecule has 326 valence electrons. The molecule has 0 N–H and O–H groups in total. The molecule has 0 amide bonds. The predicted molar refractivity (Wildman–Crippen MR) is 292 cm³/mol. The van der Waals surface area contributed by atoms with Crippen molar-refractivity contribution >= 4 is 49.6 Å². The molecule has 0 unspecified atom stereocenters. The number of para-hydroxylation sites is 3. The van der Waals surface area contributed by atoms with Crippen molar-refractivity contribution in [3.63, 3.8) is 0 Å². The zero-order valence-electron chi connectivity index (χ0n) is 38.6. The van der Waals surface area contributed by atoms with Gasteiger partial charge in [-0.2, -0.15) is 0 Å². The number of aromatic nitrogens is 1. The molecule has 0 bridgehead atoms. The van der Waals surface area contributed by atoms with Crippen molar-refractivity contribution in [2.24, 2.45) is 0 Å². The van der Waals surface area contributed by atoms with Crippen LogP contribution < -0.4 is 4.90 Å². The molecule has 0 radical (unpaired) electrons. The van der Waals surface area contributed by atoms with Gasteiger partial charge in [0.2, 0.25) is 0 Å². The molecular weight excluding hydrogens is 833 g/mol. The second-order valence-electron chi connectivity index (χ2n) is 18.9. The third-order valence-electron chi connectivity index (χ3n) is 14.6. The van der Waals surface area contributed by atoms with Crippen molar-refractivity contribution in [2.75, 3.05) is 4.90 Å². The molecule has 1 aliphatic carbocycles. The van der Waals surface area contributed by atoms with Crippen molar-refractivity contribution < 1.29 is 0 Å². The minimum Gasteiger partial charge on any atom is -0.310 e. The van der Waals surface area contributed by atoms with E-state index >= 15 is 0 Å². The average molecular weight is 881 g/mol. The van der Waals surface area contributed by atoms with E-state index in [4.69, 9.17) is 0 Å². The summed E-state index contributed by atoms with van der Waals surface area (Å²) in [4.78, 5) is 2.48. The van der Waals surface area contributed by atoms with Crippen LogP contribution in [0.3, 0.4) is 0 Å². The Hall–Kier alpha value is -8.72. The second kappa shape index (κ2) is 16.3. The molecular formula is C67H48N2. The number of hydrogen-bond donors (Lipinski definition) is 0. The number of fused-ring (bicyclic) bond motifs is 7. The van der Waals surface area contributed by atoms with E-state index in [1.165, 1.54) is 82.6 Å². The first kappa shape index (κ1) is 40.5. The van der Waals surface area contributed by atoms with Gasteiger partial charge in [0.05, 0.1) is 22.4 Å². The largest absolute Gasteiger partial charge is 0.310 e. The summed E-state index contributed by atoms with van der Waals surface area (Å²) in [5, 5.41) is 4.94. The maximum absolute atomic E-state index is 2.48. The summed E-state index contributed by atoms with van der Waals surface area (Å²) in [5.41, 5.74) is 21.5. The van der Waals surface area contributed by atoms with Crippen LogP contribution in [0.25, 0.3) is 93.9 Å². The van der Waals surface area contributed by atoms with Gasteiger partial charge >= 0.3 is 0 Å². The van der Waals surface area contributed by atoms with Crippen molar-refractivity contribution in [1.29, 1.82) is 0 Å². The molecule has 2 heteroatoms. The van der Waals surface area contributed by atoms with Crippen LogP contribution in [0.15, 0.2) is 255 Å². The molecule has 1 aromatic heterocycles. The van der Waals surface area contributed by atoms with E-state index in [0.717, 1.165) is 39.4 Å². The third-order valence-corrected chi connectivity index (χ3v) is 14.6. The minimum atomic E-state index is -0.162. The van der Waals surface area contributed by atoms with Gasteiger partial charge in [0.25, 0.3) is 0 Å². The molecule has 0 atom stereocenters. The summed E-state index contributed by atoms with van der Waals surface area (Å²) in [7, 11) is 0. The number of anilines is 3. The Morgan fingerprint density at radius 1 is 0.319 bits per heavy atom. The lowest BCUT2D eigenvalue weighted by atomic mass is 9.82. The van der Waals surface area contributed by atoms with Gasteiger partial charge in [-0.25, -0.2) is 0 Å². The molecule has 13 rings (SSSR count). The first-order chi connectivity index (χ1) is 34.0. The van der Waals surface area contributed by atoms with Crippen LogP contribution in [0.2, 0.25) is 0 Å². The van der Waals surface area contributed by atoms with E-state index in [2.05, 4.69) is 278 Å². The molecule has 2 nitrogen and oxygen atoms in total. The van der Waals surface area contributed by atoms with Crippen LogP contribution in [0.4, 0.5) is 17.1 Å². The number of rotatable bonds is 8. The van der Waals surface area contributed by atoms with Gasteiger partial charge < -0.3 is 9.47 Å². The molecule has 69 heavy (non-hydrogen) atoms. The number of hydrogen-bond acceptors (Lipinski definition) is 1. The Labute approximate surface area is 403 Å². The lowest BCUT2D eigenvalue weighted by Gasteiger charge is -2.30. The highest BCUT2D eigenvalue weighted by molar-refractivity contribution is 6.10. The van der Waals surface area contributed by atoms with Gasteiger partial charge in [0.1, 0.15) is 0 Å². The Balaban J connectivity index is 1.01. The average Bonchev–Trinajstić information content (AvgIpc) is 3.87. The fourth-order valence-electron chi connectivity index (χ4n) is 11.1. The van der Waals surface area contributed by atoms with Crippen LogP contribution in [-0.4, -0.2) is 4.57 Å². The molecule has 0 spiro atoms. The fraction of sp³-hybridized carbons (Fsp3) is 0.0448. The van der Waals surface area contributed by atoms with Gasteiger partial charge in [0, 0.05) is 38.7 Å². The smallest absolute Gasteiger partial charge is 0.0541 e. The highest BCUT2D eigenvalue weighted by Gasteiger charge is 2.36. The molecule has 0 aliphatic heterocycles. The van der Waals surface area contributed by atoms with Crippen LogP contribution in [0.5, 0.6) is 0 Å². The van der Waals surface area contributed by atoms with Gasteiger partial charge in [0.15, 0.2) is 0 Å². The first-order valence-electron chi connectivity index (χ1n) is 24.0. The quantitative estimate of drug-likeness (QED) is 0.148. The van der Waals surface area contributed by atoms with Crippen LogP contribution in [0, 0.1) is 0 Å². The number of nitrogens with zero attached hydrogens (tertiary/aromatic N) is 2. The monoisotopic (exact) mass is 880 g/mol. The summed E-state index contributed by atoms with van der Waals surface area (Å²) in [6.45, 7) is 4.74. The molecule has 0 saturated carbocycles. The zero-order valence-corrected chi connectivity index (χ0v) is 38.6. The zero-order chi connectivity index (χ0) is 46.1. The summed E-state index contributed by atoms with van der Waals surface area (Å²) < 4.78 is 2.44. The molecule has 11 aromatic carbocycles. The summed E-state index contributed by atoms with van der Waals surface area (Å²) >= 11 is 0. The minimum absolute atomic E-state index is 0.162. The lowest BCUT2D eigenvalue weighted by molar-refractivity contribution is 0.660. The normalized spacial score (nSPS) is 12.6. The maximum atomic E-state index is 2.48. The predicted octanol–water partition coefficient (Wildman–Crippen LogP) is 18.4. The molecule has 0 fully saturated rings. The molecule has 1 heterocycles. The Morgan fingerprint density at radius 3 is 1.55 bits per heavy atom. The van der Waals surface area contributed by atoms with E-state index in [1.54, 1.807) is 0 Å². The topological polar surface area (TPSA) is 8.17 Å². The summed E-state index contributed by atoms with van der Waals surface area (Å²) in [5.74, 6) is 0. The Bertz CT molecular complexity index is 3860. The van der Waals surface area contributed by atoms with Gasteiger partial charge in [-0.05, 0) is 127 Å². The van der Waals surface area contributed by atoms with Gasteiger partial charge in [-0.15, -0.1) is 0 Å². The molecule has 12 aromatic rings. The van der Waals surface area contributed by atoms with Crippen LogP contribution in [-0.2, 0) is 5.41 Å². The van der Waals surface area contributed by atoms with Crippen LogP contribution in [0.1, 0.15) is 25.0 Å². The van der Waals surface area contributed by atoms with Gasteiger partial charge in [-0.1, -0.05) is 208 Å². The van der Waals surface area contributed by atoms with E-state index in [1.807, 2.05) is 0 Å². The standard InChI is InChI=1S/C67H48N2/c1-67(2)61-24-12-8-21-56(61)57-40-39-54(44-62(57)67)68(53-37-34-49(35-38-53)48-30-28-47(29-31-48)45-16-4-3-5-17-45)66-41-36-52(43-60(66)51-33-32-46-18-6-7-19-50(46)42-51)55-20-9-13-25-63(55)69-64-26-14-10-22-58(64)59-23-11-15-27-65(59)69/h3-44H,1-2H3. The van der Waals surface area contributed by atoms with Crippen LogP contribution >= 0.6 is 0 Å². The Kier molecular flexibility index (Phi) is 9.55. The second-order valence-corrected chi connectivity index (χ2v) is 18.9. The fourth-order valence-corrected chi connectivity index (χ4v) is 11.1. The van der Waals surface area contributed by atoms with Crippen molar-refractivity contribution in [1.82, 2.24) is 4.57 Å². The SMILES string of the molecule is CC1(C)c2ccccc2-c2ccc(N(c3ccc(-c4ccc(-c5ccccc5)cc4)cc3)c3ccc(-c4ccccc4-n4c5ccccc5c5ccccc54)cc3-c3ccc4ccccc4c3)cc21. The highest BCUT2D eigenvalue weighted by Crippen LogP contribution is 2.52. The first-order valence-corrected chi connectivity index (χ1v) is 24.0. The maximum Gasteiger partial charge on any atom is 0.0541 e. The van der Waals surface area contributed by atoms with Crippen molar-refractivity contribution in [3.05, 3.63) is 266 Å². The molecule has 1 aliphatic rings. The van der Waals surface area contributed by atoms with E-state index in [9.17, 15) is 0 Å². The summed E-state index contributed by atoms with van der Waals surface area (Å²) in [6.07, 6.45) is 0. The van der Waals surface area contributed by atoms with Crippen molar-refractivity contribution in [3.8, 4) is 61.3 Å². The highest BCUT2D eigenvalue weighted by atomic mass is 15.1. The lowest BCUT2D eigenvalue weighted by Crippen LogP contribution is -2.17.